The highest BCUT2D eigenvalue weighted by Gasteiger charge is 2.03. The van der Waals surface area contributed by atoms with E-state index >= 15 is 0 Å². The number of benzene rings is 1. The Labute approximate surface area is 109 Å². The van der Waals surface area contributed by atoms with Crippen LogP contribution in [0.25, 0.3) is 10.9 Å². The van der Waals surface area contributed by atoms with Gasteiger partial charge in [-0.05, 0) is 17.5 Å². The van der Waals surface area contributed by atoms with Gasteiger partial charge in [-0.15, -0.1) is 0 Å². The molecule has 96 valence electrons. The van der Waals surface area contributed by atoms with E-state index in [2.05, 4.69) is 15.4 Å². The van der Waals surface area contributed by atoms with Crippen LogP contribution in [-0.4, -0.2) is 14.8 Å². The first kappa shape index (κ1) is 11.5. The summed E-state index contributed by atoms with van der Waals surface area (Å²) in [5.74, 6) is 0. The molecule has 0 bridgehead atoms. The zero-order valence-corrected chi connectivity index (χ0v) is 10.6. The Bertz CT molecular complexity index is 772. The average molecular weight is 254 g/mol. The number of nitrogens with one attached hydrogen (secondary N) is 2. The number of anilines is 1. The molecule has 0 saturated carbocycles. The third kappa shape index (κ3) is 2.35. The van der Waals surface area contributed by atoms with Crippen molar-refractivity contribution in [3.05, 3.63) is 58.6 Å². The third-order valence-electron chi connectivity index (χ3n) is 3.02. The van der Waals surface area contributed by atoms with Crippen molar-refractivity contribution in [3.63, 3.8) is 0 Å². The summed E-state index contributed by atoms with van der Waals surface area (Å²) in [5.41, 5.74) is 2.41. The zero-order valence-electron chi connectivity index (χ0n) is 10.6. The first-order chi connectivity index (χ1) is 9.22. The lowest BCUT2D eigenvalue weighted by molar-refractivity contribution is 0.768. The van der Waals surface area contributed by atoms with Crippen molar-refractivity contribution in [2.75, 3.05) is 5.32 Å². The fourth-order valence-corrected chi connectivity index (χ4v) is 2.03. The monoisotopic (exact) mass is 254 g/mol. The van der Waals surface area contributed by atoms with Gasteiger partial charge in [0.2, 0.25) is 0 Å². The van der Waals surface area contributed by atoms with Crippen LogP contribution in [0.5, 0.6) is 0 Å². The van der Waals surface area contributed by atoms with Crippen LogP contribution in [0.15, 0.2) is 47.5 Å². The summed E-state index contributed by atoms with van der Waals surface area (Å²) in [6.45, 7) is 0.478. The SMILES string of the molecule is Cn1cc(NCc2cc3ccccc3[nH]c2=O)cn1. The molecule has 3 rings (SSSR count). The molecule has 2 heterocycles. The van der Waals surface area contributed by atoms with Crippen LogP contribution in [0, 0.1) is 0 Å². The molecule has 0 amide bonds. The van der Waals surface area contributed by atoms with Gasteiger partial charge in [0.25, 0.3) is 5.56 Å². The van der Waals surface area contributed by atoms with E-state index in [1.807, 2.05) is 43.6 Å². The second-order valence-electron chi connectivity index (χ2n) is 4.47. The normalized spacial score (nSPS) is 10.8. The van der Waals surface area contributed by atoms with Crippen LogP contribution in [0.2, 0.25) is 0 Å². The van der Waals surface area contributed by atoms with Crippen LogP contribution >= 0.6 is 0 Å². The van der Waals surface area contributed by atoms with E-state index in [4.69, 9.17) is 0 Å². The van der Waals surface area contributed by atoms with Gasteiger partial charge in [0.15, 0.2) is 0 Å². The molecule has 5 heteroatoms. The Morgan fingerprint density at radius 2 is 2.21 bits per heavy atom. The molecule has 0 unspecified atom stereocenters. The van der Waals surface area contributed by atoms with E-state index in [0.29, 0.717) is 12.1 Å². The van der Waals surface area contributed by atoms with Crippen LogP contribution in [0.1, 0.15) is 5.56 Å². The first-order valence-corrected chi connectivity index (χ1v) is 6.06. The van der Waals surface area contributed by atoms with E-state index in [9.17, 15) is 4.79 Å². The van der Waals surface area contributed by atoms with Gasteiger partial charge in [-0.2, -0.15) is 5.10 Å². The van der Waals surface area contributed by atoms with E-state index in [0.717, 1.165) is 16.6 Å². The number of H-pyrrole nitrogens is 1. The molecule has 3 aromatic rings. The number of aromatic amines is 1. The summed E-state index contributed by atoms with van der Waals surface area (Å²) in [6.07, 6.45) is 3.60. The minimum Gasteiger partial charge on any atom is -0.378 e. The van der Waals surface area contributed by atoms with Crippen molar-refractivity contribution < 1.29 is 0 Å². The second-order valence-corrected chi connectivity index (χ2v) is 4.47. The zero-order chi connectivity index (χ0) is 13.2. The number of aryl methyl sites for hydroxylation is 1. The van der Waals surface area contributed by atoms with Gasteiger partial charge in [-0.1, -0.05) is 18.2 Å². The lowest BCUT2D eigenvalue weighted by atomic mass is 10.1. The summed E-state index contributed by atoms with van der Waals surface area (Å²) in [6, 6.07) is 9.66. The summed E-state index contributed by atoms with van der Waals surface area (Å²) < 4.78 is 1.72. The van der Waals surface area contributed by atoms with E-state index in [-0.39, 0.29) is 5.56 Å². The Morgan fingerprint density at radius 1 is 1.37 bits per heavy atom. The highest BCUT2D eigenvalue weighted by atomic mass is 16.1. The van der Waals surface area contributed by atoms with Gasteiger partial charge in [0.05, 0.1) is 11.9 Å². The maximum absolute atomic E-state index is 11.9. The maximum Gasteiger partial charge on any atom is 0.253 e. The lowest BCUT2D eigenvalue weighted by Gasteiger charge is -2.04. The number of rotatable bonds is 3. The summed E-state index contributed by atoms with van der Waals surface area (Å²) in [4.78, 5) is 14.8. The topological polar surface area (TPSA) is 62.7 Å². The average Bonchev–Trinajstić information content (AvgIpc) is 2.82. The summed E-state index contributed by atoms with van der Waals surface area (Å²) in [5, 5.41) is 8.29. The molecular weight excluding hydrogens is 240 g/mol. The van der Waals surface area contributed by atoms with Gasteiger partial charge >= 0.3 is 0 Å². The molecule has 1 aromatic carbocycles. The minimum atomic E-state index is -0.0601. The van der Waals surface area contributed by atoms with Crippen molar-refractivity contribution >= 4 is 16.6 Å². The number of nitrogens with zero attached hydrogens (tertiary/aromatic N) is 2. The van der Waals surface area contributed by atoms with Crippen LogP contribution in [0.4, 0.5) is 5.69 Å². The first-order valence-electron chi connectivity index (χ1n) is 6.06. The molecule has 0 saturated heterocycles. The second kappa shape index (κ2) is 4.61. The molecular formula is C14H14N4O. The van der Waals surface area contributed by atoms with E-state index in [1.54, 1.807) is 10.9 Å². The number of hydrogen-bond acceptors (Lipinski definition) is 3. The number of aromatic nitrogens is 3. The third-order valence-corrected chi connectivity index (χ3v) is 3.02. The molecule has 0 aliphatic heterocycles. The Hall–Kier alpha value is -2.56. The number of para-hydroxylation sites is 1. The molecule has 0 fully saturated rings. The minimum absolute atomic E-state index is 0.0601. The molecule has 0 spiro atoms. The lowest BCUT2D eigenvalue weighted by Crippen LogP contribution is -2.15. The number of fused-ring (bicyclic) bond motifs is 1. The Morgan fingerprint density at radius 3 is 3.00 bits per heavy atom. The van der Waals surface area contributed by atoms with Crippen molar-refractivity contribution in [2.45, 2.75) is 6.54 Å². The van der Waals surface area contributed by atoms with Crippen molar-refractivity contribution in [1.82, 2.24) is 14.8 Å². The van der Waals surface area contributed by atoms with Gasteiger partial charge in [-0.25, -0.2) is 0 Å². The quantitative estimate of drug-likeness (QED) is 0.750. The number of hydrogen-bond donors (Lipinski definition) is 2. The van der Waals surface area contributed by atoms with Crippen LogP contribution in [-0.2, 0) is 13.6 Å². The Kier molecular flexibility index (Phi) is 2.79. The molecule has 5 nitrogen and oxygen atoms in total. The Balaban J connectivity index is 1.88. The highest BCUT2D eigenvalue weighted by Crippen LogP contribution is 2.11. The van der Waals surface area contributed by atoms with Gasteiger partial charge in [-0.3, -0.25) is 9.48 Å². The molecule has 2 N–H and O–H groups in total. The summed E-state index contributed by atoms with van der Waals surface area (Å²) >= 11 is 0. The van der Waals surface area contributed by atoms with E-state index < -0.39 is 0 Å². The fraction of sp³-hybridized carbons (Fsp3) is 0.143. The predicted molar refractivity (Wildman–Crippen MR) is 75.1 cm³/mol. The predicted octanol–water partition coefficient (Wildman–Crippen LogP) is 1.87. The van der Waals surface area contributed by atoms with E-state index in [1.165, 1.54) is 0 Å². The molecule has 0 aliphatic carbocycles. The van der Waals surface area contributed by atoms with Gasteiger partial charge in [0.1, 0.15) is 0 Å². The van der Waals surface area contributed by atoms with Crippen molar-refractivity contribution in [1.29, 1.82) is 0 Å². The smallest absolute Gasteiger partial charge is 0.253 e. The van der Waals surface area contributed by atoms with Gasteiger partial charge in [0, 0.05) is 30.9 Å². The fourth-order valence-electron chi connectivity index (χ4n) is 2.03. The van der Waals surface area contributed by atoms with Crippen LogP contribution in [0.3, 0.4) is 0 Å². The highest BCUT2D eigenvalue weighted by molar-refractivity contribution is 5.78. The number of pyridine rings is 1. The molecule has 0 radical (unpaired) electrons. The standard InChI is InChI=1S/C14H14N4O/c1-18-9-12(8-16-18)15-7-11-6-10-4-2-3-5-13(10)17-14(11)19/h2-6,8-9,15H,7H2,1H3,(H,17,19). The molecule has 19 heavy (non-hydrogen) atoms. The van der Waals surface area contributed by atoms with Crippen molar-refractivity contribution in [3.8, 4) is 0 Å². The molecule has 0 atom stereocenters. The largest absolute Gasteiger partial charge is 0.378 e. The summed E-state index contributed by atoms with van der Waals surface area (Å²) in [7, 11) is 1.86. The van der Waals surface area contributed by atoms with Crippen LogP contribution < -0.4 is 10.9 Å². The molecule has 0 aliphatic rings. The van der Waals surface area contributed by atoms with Crippen molar-refractivity contribution in [2.24, 2.45) is 7.05 Å². The van der Waals surface area contributed by atoms with Gasteiger partial charge < -0.3 is 10.3 Å². The molecule has 2 aromatic heterocycles. The maximum atomic E-state index is 11.9.